The lowest BCUT2D eigenvalue weighted by Gasteiger charge is -2.12. The van der Waals surface area contributed by atoms with Crippen molar-refractivity contribution in [2.45, 2.75) is 11.5 Å². The molecule has 0 saturated heterocycles. The molecule has 0 unspecified atom stereocenters. The van der Waals surface area contributed by atoms with Gasteiger partial charge in [-0.1, -0.05) is 0 Å². The molecule has 0 aromatic heterocycles. The van der Waals surface area contributed by atoms with E-state index in [0.29, 0.717) is 17.1 Å². The molecule has 0 radical (unpaired) electrons. The second kappa shape index (κ2) is 4.71. The summed E-state index contributed by atoms with van der Waals surface area (Å²) in [6.07, 6.45) is 1.08. The molecule has 1 rings (SSSR count). The molecule has 0 aliphatic rings. The molecule has 0 fully saturated rings. The van der Waals surface area contributed by atoms with Crippen LogP contribution in [0.1, 0.15) is 5.56 Å². The van der Waals surface area contributed by atoms with E-state index in [9.17, 15) is 8.42 Å². The van der Waals surface area contributed by atoms with Gasteiger partial charge >= 0.3 is 0 Å². The highest BCUT2D eigenvalue weighted by molar-refractivity contribution is 7.90. The molecule has 1 aromatic carbocycles. The SMILES string of the molecule is COc1cc(CO)c(S(C)(=O)=O)cc1OC. The third kappa shape index (κ3) is 2.45. The Morgan fingerprint density at radius 2 is 1.69 bits per heavy atom. The second-order valence-electron chi connectivity index (χ2n) is 3.25. The number of hydrogen-bond acceptors (Lipinski definition) is 5. The number of aliphatic hydroxyl groups excluding tert-OH is 1. The standard InChI is InChI=1S/C10H14O5S/c1-14-8-4-7(6-11)10(16(3,12)13)5-9(8)15-2/h4-5,11H,6H2,1-3H3. The average Bonchev–Trinajstić information content (AvgIpc) is 2.25. The van der Waals surface area contributed by atoms with Gasteiger partial charge in [-0.05, 0) is 11.6 Å². The molecule has 16 heavy (non-hydrogen) atoms. The Kier molecular flexibility index (Phi) is 3.77. The molecule has 5 nitrogen and oxygen atoms in total. The average molecular weight is 246 g/mol. The monoisotopic (exact) mass is 246 g/mol. The van der Waals surface area contributed by atoms with Crippen LogP contribution in [-0.2, 0) is 16.4 Å². The summed E-state index contributed by atoms with van der Waals surface area (Å²) in [6, 6.07) is 2.80. The predicted molar refractivity (Wildman–Crippen MR) is 58.6 cm³/mol. The number of aliphatic hydroxyl groups is 1. The fraction of sp³-hybridized carbons (Fsp3) is 0.400. The maximum Gasteiger partial charge on any atom is 0.176 e. The van der Waals surface area contributed by atoms with Crippen molar-refractivity contribution in [1.29, 1.82) is 0 Å². The molecule has 6 heteroatoms. The Labute approximate surface area is 94.5 Å². The number of benzene rings is 1. The van der Waals surface area contributed by atoms with Gasteiger partial charge in [0.25, 0.3) is 0 Å². The van der Waals surface area contributed by atoms with Gasteiger partial charge in [-0.2, -0.15) is 0 Å². The highest BCUT2D eigenvalue weighted by atomic mass is 32.2. The zero-order chi connectivity index (χ0) is 12.3. The van der Waals surface area contributed by atoms with Gasteiger partial charge in [-0.3, -0.25) is 0 Å². The molecule has 0 heterocycles. The van der Waals surface area contributed by atoms with Crippen LogP contribution in [0.5, 0.6) is 11.5 Å². The summed E-state index contributed by atoms with van der Waals surface area (Å²) in [7, 11) is -0.536. The van der Waals surface area contributed by atoms with Crippen molar-refractivity contribution in [2.24, 2.45) is 0 Å². The third-order valence-corrected chi connectivity index (χ3v) is 3.32. The quantitative estimate of drug-likeness (QED) is 0.842. The molecule has 0 atom stereocenters. The summed E-state index contributed by atoms with van der Waals surface area (Å²) >= 11 is 0. The molecule has 1 N–H and O–H groups in total. The van der Waals surface area contributed by atoms with E-state index in [-0.39, 0.29) is 11.5 Å². The van der Waals surface area contributed by atoms with Crippen LogP contribution in [0.3, 0.4) is 0 Å². The van der Waals surface area contributed by atoms with E-state index in [4.69, 9.17) is 14.6 Å². The minimum atomic E-state index is -3.40. The molecule has 0 aliphatic heterocycles. The van der Waals surface area contributed by atoms with Crippen LogP contribution in [0.4, 0.5) is 0 Å². The Morgan fingerprint density at radius 3 is 2.06 bits per heavy atom. The highest BCUT2D eigenvalue weighted by Gasteiger charge is 2.17. The number of hydrogen-bond donors (Lipinski definition) is 1. The largest absolute Gasteiger partial charge is 0.493 e. The fourth-order valence-electron chi connectivity index (χ4n) is 1.37. The Bertz CT molecular complexity index is 478. The Balaban J connectivity index is 3.50. The van der Waals surface area contributed by atoms with E-state index in [1.54, 1.807) is 0 Å². The van der Waals surface area contributed by atoms with Crippen molar-refractivity contribution < 1.29 is 23.0 Å². The fourth-order valence-corrected chi connectivity index (χ4v) is 2.29. The summed E-state index contributed by atoms with van der Waals surface area (Å²) in [5, 5.41) is 9.10. The number of ether oxygens (including phenoxy) is 2. The van der Waals surface area contributed by atoms with Gasteiger partial charge in [0.1, 0.15) is 0 Å². The van der Waals surface area contributed by atoms with Gasteiger partial charge in [0, 0.05) is 12.3 Å². The molecule has 0 saturated carbocycles. The summed E-state index contributed by atoms with van der Waals surface area (Å²) in [5.41, 5.74) is 0.292. The molecule has 90 valence electrons. The zero-order valence-corrected chi connectivity index (χ0v) is 10.2. The van der Waals surface area contributed by atoms with Crippen molar-refractivity contribution in [2.75, 3.05) is 20.5 Å². The van der Waals surface area contributed by atoms with Crippen LogP contribution in [0.25, 0.3) is 0 Å². The van der Waals surface area contributed by atoms with E-state index in [0.717, 1.165) is 6.26 Å². The van der Waals surface area contributed by atoms with Crippen molar-refractivity contribution in [1.82, 2.24) is 0 Å². The Morgan fingerprint density at radius 1 is 1.19 bits per heavy atom. The third-order valence-electron chi connectivity index (χ3n) is 2.14. The Hall–Kier alpha value is -1.27. The van der Waals surface area contributed by atoms with Gasteiger partial charge < -0.3 is 14.6 Å². The van der Waals surface area contributed by atoms with Gasteiger partial charge in [-0.25, -0.2) is 8.42 Å². The first kappa shape index (κ1) is 12.8. The van der Waals surface area contributed by atoms with E-state index < -0.39 is 9.84 Å². The summed E-state index contributed by atoms with van der Waals surface area (Å²) in [4.78, 5) is 0.0488. The molecule has 0 bridgehead atoms. The maximum absolute atomic E-state index is 11.5. The second-order valence-corrected chi connectivity index (χ2v) is 5.23. The van der Waals surface area contributed by atoms with Crippen LogP contribution in [0, 0.1) is 0 Å². The molecule has 1 aromatic rings. The minimum absolute atomic E-state index is 0.0488. The molecule has 0 spiro atoms. The maximum atomic E-state index is 11.5. The van der Waals surface area contributed by atoms with E-state index in [1.165, 1.54) is 26.4 Å². The lowest BCUT2D eigenvalue weighted by Crippen LogP contribution is -2.04. The van der Waals surface area contributed by atoms with Crippen LogP contribution in [0.15, 0.2) is 17.0 Å². The van der Waals surface area contributed by atoms with Crippen LogP contribution < -0.4 is 9.47 Å². The van der Waals surface area contributed by atoms with E-state index >= 15 is 0 Å². The minimum Gasteiger partial charge on any atom is -0.493 e. The van der Waals surface area contributed by atoms with E-state index in [2.05, 4.69) is 0 Å². The van der Waals surface area contributed by atoms with Gasteiger partial charge in [0.15, 0.2) is 21.3 Å². The van der Waals surface area contributed by atoms with Gasteiger partial charge in [-0.15, -0.1) is 0 Å². The molecular formula is C10H14O5S. The van der Waals surface area contributed by atoms with Crippen molar-refractivity contribution in [3.8, 4) is 11.5 Å². The first-order valence-corrected chi connectivity index (χ1v) is 6.39. The van der Waals surface area contributed by atoms with Crippen LogP contribution >= 0.6 is 0 Å². The lowest BCUT2D eigenvalue weighted by molar-refractivity contribution is 0.276. The highest BCUT2D eigenvalue weighted by Crippen LogP contribution is 2.32. The van der Waals surface area contributed by atoms with Crippen LogP contribution in [-0.4, -0.2) is 34.0 Å². The first-order chi connectivity index (χ1) is 7.43. The number of methoxy groups -OCH3 is 2. The topological polar surface area (TPSA) is 72.8 Å². The smallest absolute Gasteiger partial charge is 0.176 e. The molecule has 0 amide bonds. The summed E-state index contributed by atoms with van der Waals surface area (Å²) in [6.45, 7) is -0.372. The normalized spacial score (nSPS) is 11.2. The zero-order valence-electron chi connectivity index (χ0n) is 9.35. The number of sulfone groups is 1. The van der Waals surface area contributed by atoms with Crippen molar-refractivity contribution in [3.05, 3.63) is 17.7 Å². The van der Waals surface area contributed by atoms with Crippen molar-refractivity contribution in [3.63, 3.8) is 0 Å². The van der Waals surface area contributed by atoms with Crippen LogP contribution in [0.2, 0.25) is 0 Å². The van der Waals surface area contributed by atoms with Crippen molar-refractivity contribution >= 4 is 9.84 Å². The van der Waals surface area contributed by atoms with E-state index in [1.807, 2.05) is 0 Å². The predicted octanol–water partition coefficient (Wildman–Crippen LogP) is 0.600. The van der Waals surface area contributed by atoms with Gasteiger partial charge in [0.05, 0.1) is 25.7 Å². The molecular weight excluding hydrogens is 232 g/mol. The summed E-state index contributed by atoms with van der Waals surface area (Å²) < 4.78 is 33.0. The van der Waals surface area contributed by atoms with Gasteiger partial charge in [0.2, 0.25) is 0 Å². The number of rotatable bonds is 4. The molecule has 0 aliphatic carbocycles. The first-order valence-electron chi connectivity index (χ1n) is 4.49. The lowest BCUT2D eigenvalue weighted by atomic mass is 10.2. The summed E-state index contributed by atoms with van der Waals surface area (Å²) in [5.74, 6) is 0.707.